The van der Waals surface area contributed by atoms with Crippen molar-refractivity contribution in [3.63, 3.8) is 0 Å². The second-order valence-electron chi connectivity index (χ2n) is 3.92. The van der Waals surface area contributed by atoms with Crippen LogP contribution in [0.25, 0.3) is 0 Å². The molecule has 0 radical (unpaired) electrons. The topological polar surface area (TPSA) is 88.5 Å². The minimum Gasteiger partial charge on any atom is -0.481 e. The molecule has 0 spiro atoms. The lowest BCUT2D eigenvalue weighted by Crippen LogP contribution is -2.34. The number of rotatable bonds is 6. The number of pyridine rings is 1. The van der Waals surface area contributed by atoms with Gasteiger partial charge in [0, 0.05) is 26.0 Å². The first-order valence-electron chi connectivity index (χ1n) is 5.47. The van der Waals surface area contributed by atoms with Gasteiger partial charge < -0.3 is 15.2 Å². The van der Waals surface area contributed by atoms with Crippen LogP contribution in [0, 0.1) is 6.92 Å². The number of carbonyl (C=O) groups is 2. The molecule has 0 aliphatic heterocycles. The molecule has 0 saturated carbocycles. The number of nitrogens with zero attached hydrogens (tertiary/aromatic N) is 1. The fraction of sp³-hybridized carbons (Fsp3) is 0.417. The van der Waals surface area contributed by atoms with Crippen molar-refractivity contribution in [1.29, 1.82) is 0 Å². The molecule has 98 valence electrons. The van der Waals surface area contributed by atoms with E-state index in [1.807, 2.05) is 6.92 Å². The number of amides is 1. The van der Waals surface area contributed by atoms with Crippen molar-refractivity contribution in [2.24, 2.45) is 0 Å². The molecule has 1 aromatic heterocycles. The van der Waals surface area contributed by atoms with Crippen LogP contribution in [-0.2, 0) is 9.53 Å². The summed E-state index contributed by atoms with van der Waals surface area (Å²) < 4.78 is 4.96. The first-order valence-corrected chi connectivity index (χ1v) is 5.47. The van der Waals surface area contributed by atoms with Crippen molar-refractivity contribution in [2.45, 2.75) is 19.4 Å². The van der Waals surface area contributed by atoms with Gasteiger partial charge in [-0.3, -0.25) is 14.6 Å². The third-order valence-corrected chi connectivity index (χ3v) is 2.36. The van der Waals surface area contributed by atoms with E-state index >= 15 is 0 Å². The van der Waals surface area contributed by atoms with Gasteiger partial charge in [0.15, 0.2) is 0 Å². The molecule has 1 aromatic rings. The molecule has 1 heterocycles. The molecule has 0 aliphatic carbocycles. The van der Waals surface area contributed by atoms with Crippen LogP contribution < -0.4 is 5.32 Å². The number of aryl methyl sites for hydroxylation is 1. The van der Waals surface area contributed by atoms with Crippen LogP contribution in [0.15, 0.2) is 18.5 Å². The predicted octanol–water partition coefficient (Wildman–Crippen LogP) is 0.610. The van der Waals surface area contributed by atoms with Crippen LogP contribution in [0.4, 0.5) is 0 Å². The molecule has 0 bridgehead atoms. The van der Waals surface area contributed by atoms with Crippen molar-refractivity contribution in [1.82, 2.24) is 10.3 Å². The molecule has 2 N–H and O–H groups in total. The Hall–Kier alpha value is -1.95. The quantitative estimate of drug-likeness (QED) is 0.774. The van der Waals surface area contributed by atoms with Crippen LogP contribution in [-0.4, -0.2) is 41.7 Å². The average Bonchev–Trinajstić information content (AvgIpc) is 2.33. The summed E-state index contributed by atoms with van der Waals surface area (Å²) in [5, 5.41) is 11.2. The number of ether oxygens (including phenoxy) is 1. The predicted molar refractivity (Wildman–Crippen MR) is 64.4 cm³/mol. The van der Waals surface area contributed by atoms with Crippen molar-refractivity contribution in [3.05, 3.63) is 29.6 Å². The SMILES string of the molecule is COC(CNC(=O)c1cncc(C)c1)CC(=O)O. The molecule has 1 atom stereocenters. The van der Waals surface area contributed by atoms with Crippen molar-refractivity contribution >= 4 is 11.9 Å². The van der Waals surface area contributed by atoms with E-state index in [2.05, 4.69) is 10.3 Å². The van der Waals surface area contributed by atoms with Gasteiger partial charge >= 0.3 is 5.97 Å². The first-order chi connectivity index (χ1) is 8.52. The van der Waals surface area contributed by atoms with E-state index in [0.29, 0.717) is 5.56 Å². The summed E-state index contributed by atoms with van der Waals surface area (Å²) in [6, 6.07) is 1.71. The second-order valence-corrected chi connectivity index (χ2v) is 3.92. The Morgan fingerprint density at radius 1 is 1.50 bits per heavy atom. The molecule has 0 aliphatic rings. The monoisotopic (exact) mass is 252 g/mol. The highest BCUT2D eigenvalue weighted by Gasteiger charge is 2.14. The van der Waals surface area contributed by atoms with E-state index in [0.717, 1.165) is 5.56 Å². The zero-order valence-electron chi connectivity index (χ0n) is 10.3. The van der Waals surface area contributed by atoms with Crippen molar-refractivity contribution in [2.75, 3.05) is 13.7 Å². The molecule has 6 nitrogen and oxygen atoms in total. The van der Waals surface area contributed by atoms with Crippen LogP contribution in [0.1, 0.15) is 22.3 Å². The van der Waals surface area contributed by atoms with Gasteiger partial charge in [0.25, 0.3) is 5.91 Å². The van der Waals surface area contributed by atoms with E-state index in [4.69, 9.17) is 9.84 Å². The average molecular weight is 252 g/mol. The minimum absolute atomic E-state index is 0.148. The molecule has 1 amide bonds. The number of hydrogen-bond donors (Lipinski definition) is 2. The Morgan fingerprint density at radius 2 is 2.22 bits per heavy atom. The number of aromatic nitrogens is 1. The van der Waals surface area contributed by atoms with Crippen molar-refractivity contribution < 1.29 is 19.4 Å². The van der Waals surface area contributed by atoms with Gasteiger partial charge in [-0.15, -0.1) is 0 Å². The normalized spacial score (nSPS) is 11.9. The Balaban J connectivity index is 2.52. The van der Waals surface area contributed by atoms with E-state index < -0.39 is 12.1 Å². The summed E-state index contributed by atoms with van der Waals surface area (Å²) in [5.41, 5.74) is 1.33. The van der Waals surface area contributed by atoms with Crippen LogP contribution in [0.2, 0.25) is 0 Å². The maximum Gasteiger partial charge on any atom is 0.306 e. The summed E-state index contributed by atoms with van der Waals surface area (Å²) in [7, 11) is 1.41. The number of carboxylic acids is 1. The fourth-order valence-electron chi connectivity index (χ4n) is 1.42. The molecule has 0 fully saturated rings. The molecule has 1 rings (SSSR count). The zero-order chi connectivity index (χ0) is 13.5. The maximum absolute atomic E-state index is 11.7. The van der Waals surface area contributed by atoms with Gasteiger partial charge in [0.1, 0.15) is 0 Å². The summed E-state index contributed by atoms with van der Waals surface area (Å²) >= 11 is 0. The summed E-state index contributed by atoms with van der Waals surface area (Å²) in [4.78, 5) is 26.2. The highest BCUT2D eigenvalue weighted by molar-refractivity contribution is 5.94. The van der Waals surface area contributed by atoms with Gasteiger partial charge in [0.2, 0.25) is 0 Å². The fourth-order valence-corrected chi connectivity index (χ4v) is 1.42. The largest absolute Gasteiger partial charge is 0.481 e. The smallest absolute Gasteiger partial charge is 0.306 e. The van der Waals surface area contributed by atoms with Gasteiger partial charge in [-0.1, -0.05) is 0 Å². The lowest BCUT2D eigenvalue weighted by Gasteiger charge is -2.13. The second kappa shape index (κ2) is 6.70. The van der Waals surface area contributed by atoms with Gasteiger partial charge in [0.05, 0.1) is 18.1 Å². The summed E-state index contributed by atoms with van der Waals surface area (Å²) in [6.45, 7) is 1.99. The summed E-state index contributed by atoms with van der Waals surface area (Å²) in [5.74, 6) is -1.26. The molecule has 6 heteroatoms. The summed E-state index contributed by atoms with van der Waals surface area (Å²) in [6.07, 6.45) is 2.42. The van der Waals surface area contributed by atoms with E-state index in [1.54, 1.807) is 12.3 Å². The first kappa shape index (κ1) is 14.1. The molecule has 0 aromatic carbocycles. The van der Waals surface area contributed by atoms with Gasteiger partial charge in [-0.2, -0.15) is 0 Å². The highest BCUT2D eigenvalue weighted by Crippen LogP contribution is 2.02. The standard InChI is InChI=1S/C12H16N2O4/c1-8-3-9(6-13-5-8)12(17)14-7-10(18-2)4-11(15)16/h3,5-6,10H,4,7H2,1-2H3,(H,14,17)(H,15,16). The lowest BCUT2D eigenvalue weighted by atomic mass is 10.2. The van der Waals surface area contributed by atoms with Crippen LogP contribution >= 0.6 is 0 Å². The number of carboxylic acid groups (broad SMARTS) is 1. The van der Waals surface area contributed by atoms with Crippen molar-refractivity contribution in [3.8, 4) is 0 Å². The van der Waals surface area contributed by atoms with E-state index in [-0.39, 0.29) is 18.9 Å². The molecular weight excluding hydrogens is 236 g/mol. The van der Waals surface area contributed by atoms with E-state index in [1.165, 1.54) is 13.3 Å². The Morgan fingerprint density at radius 3 is 2.78 bits per heavy atom. The number of methoxy groups -OCH3 is 1. The lowest BCUT2D eigenvalue weighted by molar-refractivity contribution is -0.139. The number of hydrogen-bond acceptors (Lipinski definition) is 4. The third kappa shape index (κ3) is 4.50. The third-order valence-electron chi connectivity index (χ3n) is 2.36. The van der Waals surface area contributed by atoms with Gasteiger partial charge in [-0.05, 0) is 18.6 Å². The Labute approximate surface area is 105 Å². The Kier molecular flexibility index (Phi) is 5.26. The number of carbonyl (C=O) groups excluding carboxylic acids is 1. The Bertz CT molecular complexity index is 434. The van der Waals surface area contributed by atoms with Gasteiger partial charge in [-0.25, -0.2) is 0 Å². The number of nitrogens with one attached hydrogen (secondary N) is 1. The minimum atomic E-state index is -0.965. The van der Waals surface area contributed by atoms with E-state index in [9.17, 15) is 9.59 Å². The molecule has 1 unspecified atom stereocenters. The molecule has 18 heavy (non-hydrogen) atoms. The maximum atomic E-state index is 11.7. The van der Waals surface area contributed by atoms with Crippen LogP contribution in [0.5, 0.6) is 0 Å². The van der Waals surface area contributed by atoms with Crippen LogP contribution in [0.3, 0.4) is 0 Å². The molecular formula is C12H16N2O4. The zero-order valence-corrected chi connectivity index (χ0v) is 10.3. The highest BCUT2D eigenvalue weighted by atomic mass is 16.5. The molecule has 0 saturated heterocycles. The number of aliphatic carboxylic acids is 1.